The van der Waals surface area contributed by atoms with Crippen molar-refractivity contribution in [3.05, 3.63) is 16.0 Å². The molecule has 0 aromatic carbocycles. The third kappa shape index (κ3) is 2.40. The normalized spacial score (nSPS) is 14.8. The zero-order valence-electron chi connectivity index (χ0n) is 10.9. The van der Waals surface area contributed by atoms with Crippen LogP contribution in [0, 0.1) is 16.7 Å². The summed E-state index contributed by atoms with van der Waals surface area (Å²) in [6, 6.07) is 2.23. The Balaban J connectivity index is 2.32. The molecule has 0 atom stereocenters. The summed E-state index contributed by atoms with van der Waals surface area (Å²) in [7, 11) is 0. The van der Waals surface area contributed by atoms with Gasteiger partial charge in [0, 0.05) is 16.8 Å². The molecule has 1 aromatic heterocycles. The minimum absolute atomic E-state index is 0.0504. The van der Waals surface area contributed by atoms with Crippen LogP contribution in [-0.4, -0.2) is 12.5 Å². The Hall–Kier alpha value is -1.38. The maximum absolute atomic E-state index is 12.0. The van der Waals surface area contributed by atoms with Gasteiger partial charge in [-0.1, -0.05) is 20.8 Å². The summed E-state index contributed by atoms with van der Waals surface area (Å²) in [5, 5.41) is 16.1. The van der Waals surface area contributed by atoms with Crippen LogP contribution in [0.4, 0.5) is 5.00 Å². The van der Waals surface area contributed by atoms with Crippen LogP contribution in [0.3, 0.4) is 0 Å². The number of hydrogen-bond donors (Lipinski definition) is 2. The topological polar surface area (TPSA) is 64.9 Å². The Morgan fingerprint density at radius 1 is 1.50 bits per heavy atom. The summed E-state index contributed by atoms with van der Waals surface area (Å²) in [4.78, 5) is 13.2. The van der Waals surface area contributed by atoms with Gasteiger partial charge in [0.25, 0.3) is 0 Å². The smallest absolute Gasteiger partial charge is 0.230 e. The van der Waals surface area contributed by atoms with E-state index in [1.165, 1.54) is 16.2 Å². The van der Waals surface area contributed by atoms with Gasteiger partial charge in [0.2, 0.25) is 5.91 Å². The monoisotopic (exact) mass is 263 g/mol. The highest BCUT2D eigenvalue weighted by Gasteiger charge is 2.26. The van der Waals surface area contributed by atoms with Crippen LogP contribution in [0.1, 0.15) is 36.8 Å². The SMILES string of the molecule is CC(C)(C)C(=O)Nc1sc2c(c1C#N)CCNC2. The average Bonchev–Trinajstić information content (AvgIpc) is 2.64. The van der Waals surface area contributed by atoms with Crippen molar-refractivity contribution in [2.45, 2.75) is 33.7 Å². The second kappa shape index (κ2) is 4.71. The fourth-order valence-electron chi connectivity index (χ4n) is 1.83. The van der Waals surface area contributed by atoms with Crippen molar-refractivity contribution in [1.82, 2.24) is 5.32 Å². The van der Waals surface area contributed by atoms with Crippen molar-refractivity contribution in [3.63, 3.8) is 0 Å². The van der Waals surface area contributed by atoms with Gasteiger partial charge < -0.3 is 10.6 Å². The fourth-order valence-corrected chi connectivity index (χ4v) is 2.99. The number of carbonyl (C=O) groups is 1. The first-order valence-electron chi connectivity index (χ1n) is 6.00. The molecule has 1 aromatic rings. The molecule has 1 aliphatic rings. The van der Waals surface area contributed by atoms with Crippen molar-refractivity contribution in [2.75, 3.05) is 11.9 Å². The molecule has 18 heavy (non-hydrogen) atoms. The highest BCUT2D eigenvalue weighted by atomic mass is 32.1. The molecule has 0 saturated heterocycles. The standard InChI is InChI=1S/C13H17N3OS/c1-13(2,3)12(17)16-11-9(6-14)8-4-5-15-7-10(8)18-11/h15H,4-5,7H2,1-3H3,(H,16,17). The number of carbonyl (C=O) groups excluding carboxylic acids is 1. The van der Waals surface area contributed by atoms with Gasteiger partial charge in [0.05, 0.1) is 5.56 Å². The van der Waals surface area contributed by atoms with Gasteiger partial charge >= 0.3 is 0 Å². The molecule has 0 aliphatic carbocycles. The zero-order valence-corrected chi connectivity index (χ0v) is 11.7. The highest BCUT2D eigenvalue weighted by molar-refractivity contribution is 7.16. The van der Waals surface area contributed by atoms with Crippen molar-refractivity contribution in [1.29, 1.82) is 5.26 Å². The first-order chi connectivity index (χ1) is 8.43. The lowest BCUT2D eigenvalue weighted by atomic mass is 9.95. The number of anilines is 1. The lowest BCUT2D eigenvalue weighted by molar-refractivity contribution is -0.123. The molecular formula is C13H17N3OS. The predicted molar refractivity (Wildman–Crippen MR) is 72.5 cm³/mol. The Bertz CT molecular complexity index is 520. The fraction of sp³-hybridized carbons (Fsp3) is 0.538. The molecule has 0 radical (unpaired) electrons. The predicted octanol–water partition coefficient (Wildman–Crippen LogP) is 2.25. The average molecular weight is 263 g/mol. The van der Waals surface area contributed by atoms with Gasteiger partial charge in [0.1, 0.15) is 11.1 Å². The molecule has 0 fully saturated rings. The van der Waals surface area contributed by atoms with Crippen LogP contribution < -0.4 is 10.6 Å². The molecule has 0 unspecified atom stereocenters. The van der Waals surface area contributed by atoms with Gasteiger partial charge in [0.15, 0.2) is 0 Å². The third-order valence-corrected chi connectivity index (χ3v) is 4.10. The van der Waals surface area contributed by atoms with Crippen molar-refractivity contribution in [2.24, 2.45) is 5.41 Å². The van der Waals surface area contributed by atoms with Gasteiger partial charge in [-0.25, -0.2) is 0 Å². The van der Waals surface area contributed by atoms with E-state index in [4.69, 9.17) is 0 Å². The van der Waals surface area contributed by atoms with Gasteiger partial charge in [-0.05, 0) is 18.5 Å². The second-order valence-corrected chi connectivity index (χ2v) is 6.56. The minimum Gasteiger partial charge on any atom is -0.316 e. The van der Waals surface area contributed by atoms with Crippen LogP contribution in [0.25, 0.3) is 0 Å². The first kappa shape index (κ1) is 13.1. The van der Waals surface area contributed by atoms with Crippen LogP contribution in [0.2, 0.25) is 0 Å². The number of nitrogens with zero attached hydrogens (tertiary/aromatic N) is 1. The maximum Gasteiger partial charge on any atom is 0.230 e. The quantitative estimate of drug-likeness (QED) is 0.816. The van der Waals surface area contributed by atoms with Crippen molar-refractivity contribution in [3.8, 4) is 6.07 Å². The van der Waals surface area contributed by atoms with E-state index in [2.05, 4.69) is 16.7 Å². The van der Waals surface area contributed by atoms with E-state index in [-0.39, 0.29) is 5.91 Å². The van der Waals surface area contributed by atoms with Crippen LogP contribution in [0.5, 0.6) is 0 Å². The summed E-state index contributed by atoms with van der Waals surface area (Å²) in [5.41, 5.74) is 1.30. The number of amides is 1. The number of nitrogens with one attached hydrogen (secondary N) is 2. The molecule has 4 nitrogen and oxygen atoms in total. The van der Waals surface area contributed by atoms with Gasteiger partial charge in [-0.3, -0.25) is 4.79 Å². The van der Waals surface area contributed by atoms with E-state index < -0.39 is 5.41 Å². The molecule has 96 valence electrons. The largest absolute Gasteiger partial charge is 0.316 e. The minimum atomic E-state index is -0.449. The zero-order chi connectivity index (χ0) is 13.3. The van der Waals surface area contributed by atoms with Crippen LogP contribution >= 0.6 is 11.3 Å². The van der Waals surface area contributed by atoms with Crippen LogP contribution in [0.15, 0.2) is 0 Å². The number of fused-ring (bicyclic) bond motifs is 1. The summed E-state index contributed by atoms with van der Waals surface area (Å²) in [6.07, 6.45) is 0.861. The summed E-state index contributed by atoms with van der Waals surface area (Å²) < 4.78 is 0. The molecule has 1 amide bonds. The molecule has 2 rings (SSSR count). The van der Waals surface area contributed by atoms with E-state index in [0.29, 0.717) is 10.6 Å². The number of nitriles is 1. The van der Waals surface area contributed by atoms with E-state index in [1.54, 1.807) is 0 Å². The summed E-state index contributed by atoms with van der Waals surface area (Å²) in [6.45, 7) is 7.28. The van der Waals surface area contributed by atoms with E-state index >= 15 is 0 Å². The molecule has 5 heteroatoms. The molecule has 0 spiro atoms. The van der Waals surface area contributed by atoms with Gasteiger partial charge in [-0.15, -0.1) is 11.3 Å². The Morgan fingerprint density at radius 3 is 2.83 bits per heavy atom. The Labute approximate surface area is 111 Å². The van der Waals surface area contributed by atoms with E-state index in [1.807, 2.05) is 20.8 Å². The summed E-state index contributed by atoms with van der Waals surface area (Å²) in [5.74, 6) is -0.0504. The van der Waals surface area contributed by atoms with Crippen molar-refractivity contribution < 1.29 is 4.79 Å². The molecule has 0 saturated carbocycles. The molecule has 0 bridgehead atoms. The molecule has 1 aliphatic heterocycles. The number of thiophene rings is 1. The maximum atomic E-state index is 12.0. The molecule has 2 N–H and O–H groups in total. The number of hydrogen-bond acceptors (Lipinski definition) is 4. The highest BCUT2D eigenvalue weighted by Crippen LogP contribution is 2.35. The third-order valence-electron chi connectivity index (χ3n) is 2.95. The molecule has 2 heterocycles. The second-order valence-electron chi connectivity index (χ2n) is 5.45. The summed E-state index contributed by atoms with van der Waals surface area (Å²) >= 11 is 1.51. The molecular weight excluding hydrogens is 246 g/mol. The van der Waals surface area contributed by atoms with Crippen LogP contribution in [-0.2, 0) is 17.8 Å². The number of rotatable bonds is 1. The first-order valence-corrected chi connectivity index (χ1v) is 6.82. The van der Waals surface area contributed by atoms with Gasteiger partial charge in [-0.2, -0.15) is 5.26 Å². The lowest BCUT2D eigenvalue weighted by Crippen LogP contribution is -2.27. The lowest BCUT2D eigenvalue weighted by Gasteiger charge is -2.16. The van der Waals surface area contributed by atoms with E-state index in [9.17, 15) is 10.1 Å². The Kier molecular flexibility index (Phi) is 3.42. The van der Waals surface area contributed by atoms with Crippen molar-refractivity contribution >= 4 is 22.2 Å². The van der Waals surface area contributed by atoms with E-state index in [0.717, 1.165) is 25.1 Å². The Morgan fingerprint density at radius 2 is 2.22 bits per heavy atom.